The number of fused-ring (bicyclic) bond motifs is 1. The predicted octanol–water partition coefficient (Wildman–Crippen LogP) is 3.21. The molecule has 0 unspecified atom stereocenters. The highest BCUT2D eigenvalue weighted by atomic mass is 35.5. The molecule has 3 rings (SSSR count). The number of aromatic nitrogens is 3. The number of rotatable bonds is 6. The van der Waals surface area contributed by atoms with Gasteiger partial charge in [-0.15, -0.1) is 0 Å². The summed E-state index contributed by atoms with van der Waals surface area (Å²) in [5.41, 5.74) is 0.580. The number of aliphatic carboxylic acids is 1. The van der Waals surface area contributed by atoms with E-state index >= 15 is 0 Å². The molecule has 0 saturated carbocycles. The number of carboxylic acids is 1. The normalized spacial score (nSPS) is 11.0. The number of carboxylic acid groups (broad SMARTS) is 1. The van der Waals surface area contributed by atoms with Crippen molar-refractivity contribution in [3.05, 3.63) is 50.1 Å². The van der Waals surface area contributed by atoms with Crippen molar-refractivity contribution in [2.24, 2.45) is 0 Å². The largest absolute Gasteiger partial charge is 0.484 e. The number of halogens is 2. The average molecular weight is 400 g/mol. The molecule has 3 aromatic rings. The number of hydrogen-bond acceptors (Lipinski definition) is 6. The first-order valence-electron chi connectivity index (χ1n) is 7.08. The third-order valence-corrected chi connectivity index (χ3v) is 4.73. The van der Waals surface area contributed by atoms with Crippen molar-refractivity contribution in [1.29, 1.82) is 0 Å². The maximum atomic E-state index is 12.1. The maximum absolute atomic E-state index is 12.1. The van der Waals surface area contributed by atoms with Gasteiger partial charge in [0.15, 0.2) is 5.82 Å². The summed E-state index contributed by atoms with van der Waals surface area (Å²) in [6, 6.07) is 3.24. The van der Waals surface area contributed by atoms with Crippen molar-refractivity contribution in [2.45, 2.75) is 19.6 Å². The molecule has 0 fully saturated rings. The lowest BCUT2D eigenvalue weighted by Gasteiger charge is -2.08. The summed E-state index contributed by atoms with van der Waals surface area (Å²) in [6.07, 6.45) is 2.79. The van der Waals surface area contributed by atoms with Crippen LogP contribution in [0.3, 0.4) is 0 Å². The number of hydrogen-bond donors (Lipinski definition) is 1. The fourth-order valence-electron chi connectivity index (χ4n) is 2.15. The Bertz CT molecular complexity index is 985. The summed E-state index contributed by atoms with van der Waals surface area (Å²) in [7, 11) is 0. The number of nitrogens with zero attached hydrogens (tertiary/aromatic N) is 3. The molecule has 0 radical (unpaired) electrons. The molecule has 1 aromatic carbocycles. The monoisotopic (exact) mass is 399 g/mol. The van der Waals surface area contributed by atoms with Crippen molar-refractivity contribution < 1.29 is 14.6 Å². The first-order valence-corrected chi connectivity index (χ1v) is 8.65. The minimum atomic E-state index is -0.972. The molecule has 0 spiro atoms. The summed E-state index contributed by atoms with van der Waals surface area (Å²) < 4.78 is 7.67. The van der Waals surface area contributed by atoms with E-state index in [4.69, 9.17) is 33.0 Å². The molecule has 0 amide bonds. The molecule has 7 nitrogen and oxygen atoms in total. The Balaban J connectivity index is 1.85. The molecule has 2 heterocycles. The van der Waals surface area contributed by atoms with Crippen LogP contribution in [-0.2, 0) is 17.9 Å². The minimum Gasteiger partial charge on any atom is -0.484 e. The van der Waals surface area contributed by atoms with E-state index in [9.17, 15) is 9.59 Å². The average Bonchev–Trinajstić information content (AvgIpc) is 2.86. The van der Waals surface area contributed by atoms with Crippen LogP contribution in [0.1, 0.15) is 12.2 Å². The van der Waals surface area contributed by atoms with Gasteiger partial charge in [-0.1, -0.05) is 34.5 Å². The molecule has 2 aromatic heterocycles. The van der Waals surface area contributed by atoms with Gasteiger partial charge in [0, 0.05) is 25.0 Å². The van der Waals surface area contributed by atoms with E-state index in [1.54, 1.807) is 12.1 Å². The second kappa shape index (κ2) is 7.38. The van der Waals surface area contributed by atoms with Crippen molar-refractivity contribution in [3.8, 4) is 5.75 Å². The highest BCUT2D eigenvalue weighted by molar-refractivity contribution is 7.16. The Hall–Kier alpha value is -2.16. The molecule has 0 saturated heterocycles. The van der Waals surface area contributed by atoms with Gasteiger partial charge in [-0.05, 0) is 6.07 Å². The predicted molar refractivity (Wildman–Crippen MR) is 94.7 cm³/mol. The van der Waals surface area contributed by atoms with Crippen LogP contribution in [0.25, 0.3) is 10.2 Å². The number of thiazole rings is 1. The lowest BCUT2D eigenvalue weighted by molar-refractivity contribution is -0.137. The van der Waals surface area contributed by atoms with Crippen molar-refractivity contribution in [3.63, 3.8) is 0 Å². The van der Waals surface area contributed by atoms with Crippen LogP contribution in [0, 0.1) is 0 Å². The van der Waals surface area contributed by atoms with Crippen LogP contribution in [0.2, 0.25) is 10.0 Å². The van der Waals surface area contributed by atoms with Crippen molar-refractivity contribution in [1.82, 2.24) is 14.5 Å². The summed E-state index contributed by atoms with van der Waals surface area (Å²) in [5, 5.41) is 9.53. The molecule has 10 heteroatoms. The Labute approximate surface area is 155 Å². The van der Waals surface area contributed by atoms with E-state index in [0.717, 1.165) is 11.3 Å². The summed E-state index contributed by atoms with van der Waals surface area (Å²) in [6.45, 7) is 0.181. The third-order valence-electron chi connectivity index (χ3n) is 3.30. The molecule has 25 heavy (non-hydrogen) atoms. The van der Waals surface area contributed by atoms with E-state index in [0.29, 0.717) is 31.8 Å². The Kier molecular flexibility index (Phi) is 5.22. The Morgan fingerprint density at radius 1 is 1.28 bits per heavy atom. The second-order valence-corrected chi connectivity index (χ2v) is 6.86. The first kappa shape index (κ1) is 17.7. The fourth-order valence-corrected chi connectivity index (χ4v) is 3.39. The summed E-state index contributed by atoms with van der Waals surface area (Å²) in [5.74, 6) is -0.146. The van der Waals surface area contributed by atoms with Crippen LogP contribution >= 0.6 is 34.5 Å². The maximum Gasteiger partial charge on any atom is 0.308 e. The van der Waals surface area contributed by atoms with E-state index in [-0.39, 0.29) is 24.4 Å². The van der Waals surface area contributed by atoms with Crippen LogP contribution in [-0.4, -0.2) is 25.6 Å². The van der Waals surface area contributed by atoms with Crippen LogP contribution < -0.4 is 9.61 Å². The van der Waals surface area contributed by atoms with Gasteiger partial charge in [0.25, 0.3) is 0 Å². The third kappa shape index (κ3) is 4.09. The van der Waals surface area contributed by atoms with Gasteiger partial charge in [0.2, 0.25) is 0 Å². The van der Waals surface area contributed by atoms with E-state index in [1.165, 1.54) is 17.0 Å². The molecule has 1 N–H and O–H groups in total. The van der Waals surface area contributed by atoms with Crippen molar-refractivity contribution in [2.75, 3.05) is 0 Å². The van der Waals surface area contributed by atoms with Crippen LogP contribution in [0.5, 0.6) is 5.75 Å². The van der Waals surface area contributed by atoms with Crippen LogP contribution in [0.15, 0.2) is 29.3 Å². The highest BCUT2D eigenvalue weighted by Crippen LogP contribution is 2.32. The molecule has 0 aliphatic rings. The topological polar surface area (TPSA) is 94.3 Å². The van der Waals surface area contributed by atoms with Gasteiger partial charge >= 0.3 is 10.8 Å². The number of carbonyl (C=O) groups is 1. The molecular formula is C15H11Cl2N3O4S. The summed E-state index contributed by atoms with van der Waals surface area (Å²) >= 11 is 13.0. The zero-order valence-corrected chi connectivity index (χ0v) is 14.9. The van der Waals surface area contributed by atoms with E-state index < -0.39 is 5.97 Å². The SMILES string of the molecule is O=C(O)CCn1c(=O)sc2cc(OCc3ncc(Cl)cn3)c(Cl)cc21. The van der Waals surface area contributed by atoms with E-state index in [2.05, 4.69) is 9.97 Å². The zero-order chi connectivity index (χ0) is 18.0. The summed E-state index contributed by atoms with van der Waals surface area (Å²) in [4.78, 5) is 30.6. The molecule has 0 aliphatic carbocycles. The lowest BCUT2D eigenvalue weighted by atomic mass is 10.3. The van der Waals surface area contributed by atoms with Gasteiger partial charge < -0.3 is 9.84 Å². The van der Waals surface area contributed by atoms with Gasteiger partial charge in [-0.25, -0.2) is 9.97 Å². The molecule has 0 atom stereocenters. The molecular weight excluding hydrogens is 389 g/mol. The van der Waals surface area contributed by atoms with Gasteiger partial charge in [0.1, 0.15) is 12.4 Å². The fraction of sp³-hybridized carbons (Fsp3) is 0.200. The Morgan fingerprint density at radius 3 is 2.68 bits per heavy atom. The Morgan fingerprint density at radius 2 is 2.00 bits per heavy atom. The number of ether oxygens (including phenoxy) is 1. The van der Waals surface area contributed by atoms with Crippen molar-refractivity contribution >= 4 is 50.7 Å². The zero-order valence-electron chi connectivity index (χ0n) is 12.6. The van der Waals surface area contributed by atoms with Gasteiger partial charge in [-0.2, -0.15) is 0 Å². The molecule has 130 valence electrons. The van der Waals surface area contributed by atoms with Gasteiger partial charge in [0.05, 0.1) is 26.7 Å². The molecule has 0 aliphatic heterocycles. The van der Waals surface area contributed by atoms with E-state index in [1.807, 2.05) is 0 Å². The number of benzene rings is 1. The van der Waals surface area contributed by atoms with Crippen LogP contribution in [0.4, 0.5) is 0 Å². The lowest BCUT2D eigenvalue weighted by Crippen LogP contribution is -2.15. The van der Waals surface area contributed by atoms with Gasteiger partial charge in [-0.3, -0.25) is 14.2 Å². The highest BCUT2D eigenvalue weighted by Gasteiger charge is 2.13. The quantitative estimate of drug-likeness (QED) is 0.683. The second-order valence-electron chi connectivity index (χ2n) is 5.02. The number of aryl methyl sites for hydroxylation is 1. The first-order chi connectivity index (χ1) is 11.9. The smallest absolute Gasteiger partial charge is 0.308 e. The minimum absolute atomic E-state index is 0.0866. The standard InChI is InChI=1S/C15H11Cl2N3O4S/c16-8-5-18-13(19-6-8)7-24-11-4-12-10(3-9(11)17)20(15(23)25-12)2-1-14(21)22/h3-6H,1-2,7H2,(H,21,22). The molecule has 0 bridgehead atoms.